The van der Waals surface area contributed by atoms with Crippen LogP contribution in [0.5, 0.6) is 0 Å². The minimum atomic E-state index is -0.0734. The van der Waals surface area contributed by atoms with E-state index in [-0.39, 0.29) is 12.1 Å². The molecule has 0 unspecified atom stereocenters. The topological polar surface area (TPSA) is 59.0 Å². The second-order valence-electron chi connectivity index (χ2n) is 7.55. The fourth-order valence-corrected chi connectivity index (χ4v) is 4.76. The molecule has 0 saturated heterocycles. The molecule has 2 N–H and O–H groups in total. The van der Waals surface area contributed by atoms with Gasteiger partial charge in [-0.1, -0.05) is 24.6 Å². The highest BCUT2D eigenvalue weighted by atomic mass is 16.2. The van der Waals surface area contributed by atoms with Crippen LogP contribution in [0.3, 0.4) is 0 Å². The van der Waals surface area contributed by atoms with Gasteiger partial charge in [0.2, 0.25) is 0 Å². The molecule has 4 atom stereocenters. The number of carbonyl (C=O) groups is 1. The number of urea groups is 1. The number of rotatable bonds is 5. The molecule has 5 nitrogen and oxygen atoms in total. The predicted molar refractivity (Wildman–Crippen MR) is 97.3 cm³/mol. The summed E-state index contributed by atoms with van der Waals surface area (Å²) in [6.07, 6.45) is 10.8. The second-order valence-corrected chi connectivity index (χ2v) is 7.55. The Kier molecular flexibility index (Phi) is 4.47. The number of aromatic nitrogens is 2. The average Bonchev–Trinajstić information content (AvgIpc) is 3.37. The summed E-state index contributed by atoms with van der Waals surface area (Å²) < 4.78 is 1.97. The summed E-state index contributed by atoms with van der Waals surface area (Å²) in [6, 6.07) is 8.24. The van der Waals surface area contributed by atoms with E-state index in [1.165, 1.54) is 25.7 Å². The Morgan fingerprint density at radius 2 is 2.20 bits per heavy atom. The first kappa shape index (κ1) is 16.2. The molecule has 5 heteroatoms. The second kappa shape index (κ2) is 6.90. The summed E-state index contributed by atoms with van der Waals surface area (Å²) in [5.41, 5.74) is 2.12. The molecular formula is C20H26N4O. The van der Waals surface area contributed by atoms with E-state index in [4.69, 9.17) is 0 Å². The van der Waals surface area contributed by atoms with E-state index in [9.17, 15) is 4.79 Å². The zero-order valence-electron chi connectivity index (χ0n) is 14.7. The maximum Gasteiger partial charge on any atom is 0.315 e. The number of amides is 2. The number of benzene rings is 1. The van der Waals surface area contributed by atoms with Crippen LogP contribution in [0.25, 0.3) is 5.69 Å². The number of fused-ring (bicyclic) bond motifs is 2. The van der Waals surface area contributed by atoms with Crippen molar-refractivity contribution in [1.29, 1.82) is 0 Å². The number of carbonyl (C=O) groups excluding carboxylic acids is 1. The minimum absolute atomic E-state index is 0.0734. The Balaban J connectivity index is 1.33. The van der Waals surface area contributed by atoms with Gasteiger partial charge in [0.05, 0.1) is 12.0 Å². The molecule has 25 heavy (non-hydrogen) atoms. The van der Waals surface area contributed by atoms with Gasteiger partial charge in [0, 0.05) is 25.0 Å². The lowest BCUT2D eigenvalue weighted by molar-refractivity contribution is 0.220. The van der Waals surface area contributed by atoms with Gasteiger partial charge in [-0.25, -0.2) is 9.78 Å². The lowest BCUT2D eigenvalue weighted by Gasteiger charge is -2.28. The Morgan fingerprint density at radius 3 is 2.92 bits per heavy atom. The predicted octanol–water partition coefficient (Wildman–Crippen LogP) is 3.50. The van der Waals surface area contributed by atoms with Crippen molar-refractivity contribution in [1.82, 2.24) is 20.2 Å². The van der Waals surface area contributed by atoms with Crippen LogP contribution in [0.1, 0.15) is 38.2 Å². The SMILES string of the molecule is C[C@@H](NC(=O)NCc1ccccc1-n1ccnc1)[C@@H]1C[C@H]2CC[C@H]1C2. The van der Waals surface area contributed by atoms with E-state index >= 15 is 0 Å². The molecule has 2 aromatic rings. The number of hydrogen-bond acceptors (Lipinski definition) is 2. The molecule has 0 aliphatic heterocycles. The van der Waals surface area contributed by atoms with Crippen molar-refractivity contribution in [2.75, 3.05) is 0 Å². The van der Waals surface area contributed by atoms with E-state index in [2.05, 4.69) is 22.5 Å². The lowest BCUT2D eigenvalue weighted by Crippen LogP contribution is -2.45. The fraction of sp³-hybridized carbons (Fsp3) is 0.500. The molecule has 2 amide bonds. The van der Waals surface area contributed by atoms with Crippen LogP contribution in [-0.2, 0) is 6.54 Å². The highest BCUT2D eigenvalue weighted by Gasteiger charge is 2.42. The van der Waals surface area contributed by atoms with Gasteiger partial charge in [-0.05, 0) is 55.6 Å². The van der Waals surface area contributed by atoms with Gasteiger partial charge in [-0.15, -0.1) is 0 Å². The molecule has 2 aliphatic carbocycles. The van der Waals surface area contributed by atoms with Crippen LogP contribution in [0.4, 0.5) is 4.79 Å². The summed E-state index contributed by atoms with van der Waals surface area (Å²) in [4.78, 5) is 16.4. The van der Waals surface area contributed by atoms with Crippen LogP contribution < -0.4 is 10.6 Å². The van der Waals surface area contributed by atoms with Crippen molar-refractivity contribution in [3.63, 3.8) is 0 Å². The monoisotopic (exact) mass is 338 g/mol. The smallest absolute Gasteiger partial charge is 0.315 e. The molecule has 1 aromatic carbocycles. The van der Waals surface area contributed by atoms with Crippen molar-refractivity contribution in [3.8, 4) is 5.69 Å². The third kappa shape index (κ3) is 3.41. The summed E-state index contributed by atoms with van der Waals surface area (Å²) >= 11 is 0. The van der Waals surface area contributed by atoms with Crippen molar-refractivity contribution < 1.29 is 4.79 Å². The lowest BCUT2D eigenvalue weighted by atomic mass is 9.84. The summed E-state index contributed by atoms with van der Waals surface area (Å²) in [6.45, 7) is 2.66. The molecule has 1 heterocycles. The van der Waals surface area contributed by atoms with Gasteiger partial charge < -0.3 is 15.2 Å². The molecule has 0 radical (unpaired) electrons. The zero-order chi connectivity index (χ0) is 17.2. The average molecular weight is 338 g/mol. The van der Waals surface area contributed by atoms with E-state index in [1.54, 1.807) is 12.5 Å². The van der Waals surface area contributed by atoms with Crippen molar-refractivity contribution in [2.24, 2.45) is 17.8 Å². The molecule has 2 fully saturated rings. The van der Waals surface area contributed by atoms with E-state index < -0.39 is 0 Å². The maximum atomic E-state index is 12.3. The van der Waals surface area contributed by atoms with Crippen LogP contribution in [0.15, 0.2) is 43.0 Å². The van der Waals surface area contributed by atoms with Gasteiger partial charge in [-0.3, -0.25) is 0 Å². The Hall–Kier alpha value is -2.30. The highest BCUT2D eigenvalue weighted by Crippen LogP contribution is 2.49. The van der Waals surface area contributed by atoms with Gasteiger partial charge >= 0.3 is 6.03 Å². The Labute approximate surface area is 148 Å². The van der Waals surface area contributed by atoms with Crippen LogP contribution in [-0.4, -0.2) is 21.6 Å². The molecule has 2 aliphatic rings. The van der Waals surface area contributed by atoms with E-state index in [1.807, 2.05) is 35.0 Å². The first-order chi connectivity index (χ1) is 12.2. The summed E-state index contributed by atoms with van der Waals surface area (Å²) in [7, 11) is 0. The Morgan fingerprint density at radius 1 is 1.32 bits per heavy atom. The molecule has 2 saturated carbocycles. The molecule has 4 rings (SSSR count). The van der Waals surface area contributed by atoms with Crippen LogP contribution in [0.2, 0.25) is 0 Å². The molecule has 0 spiro atoms. The summed E-state index contributed by atoms with van der Waals surface area (Å²) in [5.74, 6) is 2.38. The number of hydrogen-bond donors (Lipinski definition) is 2. The Bertz CT molecular complexity index is 727. The van der Waals surface area contributed by atoms with Crippen molar-refractivity contribution in [3.05, 3.63) is 48.5 Å². The number of para-hydroxylation sites is 1. The molecule has 132 valence electrons. The van der Waals surface area contributed by atoms with Crippen LogP contribution >= 0.6 is 0 Å². The number of nitrogens with zero attached hydrogens (tertiary/aromatic N) is 2. The molecule has 2 bridgehead atoms. The normalized spacial score (nSPS) is 25.7. The molecule has 1 aromatic heterocycles. The zero-order valence-corrected chi connectivity index (χ0v) is 14.7. The first-order valence-electron chi connectivity index (χ1n) is 9.31. The number of nitrogens with one attached hydrogen (secondary N) is 2. The molecular weight excluding hydrogens is 312 g/mol. The third-order valence-corrected chi connectivity index (χ3v) is 6.01. The van der Waals surface area contributed by atoms with Crippen molar-refractivity contribution >= 4 is 6.03 Å². The minimum Gasteiger partial charge on any atom is -0.335 e. The third-order valence-electron chi connectivity index (χ3n) is 6.01. The van der Waals surface area contributed by atoms with Gasteiger partial charge in [0.25, 0.3) is 0 Å². The quantitative estimate of drug-likeness (QED) is 0.877. The fourth-order valence-electron chi connectivity index (χ4n) is 4.76. The summed E-state index contributed by atoms with van der Waals surface area (Å²) in [5, 5.41) is 6.18. The van der Waals surface area contributed by atoms with E-state index in [0.717, 1.165) is 23.1 Å². The van der Waals surface area contributed by atoms with Crippen molar-refractivity contribution in [2.45, 2.75) is 45.2 Å². The maximum absolute atomic E-state index is 12.3. The van der Waals surface area contributed by atoms with Gasteiger partial charge in [0.15, 0.2) is 0 Å². The van der Waals surface area contributed by atoms with Crippen LogP contribution in [0, 0.1) is 17.8 Å². The number of imidazole rings is 1. The standard InChI is InChI=1S/C20H26N4O/c1-14(18-11-15-6-7-16(18)10-15)23-20(25)22-12-17-4-2-3-5-19(17)24-9-8-21-13-24/h2-5,8-9,13-16,18H,6-7,10-12H2,1H3,(H2,22,23,25)/t14-,15+,16+,18+/m1/s1. The largest absolute Gasteiger partial charge is 0.335 e. The first-order valence-corrected chi connectivity index (χ1v) is 9.31. The van der Waals surface area contributed by atoms with Gasteiger partial charge in [0.1, 0.15) is 0 Å². The highest BCUT2D eigenvalue weighted by molar-refractivity contribution is 5.74. The van der Waals surface area contributed by atoms with Gasteiger partial charge in [-0.2, -0.15) is 0 Å². The van der Waals surface area contributed by atoms with E-state index in [0.29, 0.717) is 12.5 Å².